The lowest BCUT2D eigenvalue weighted by atomic mass is 9.69. The van der Waals surface area contributed by atoms with Crippen LogP contribution in [0.4, 0.5) is 13.2 Å². The highest BCUT2D eigenvalue weighted by molar-refractivity contribution is 6.76. The molecule has 3 aliphatic rings. The van der Waals surface area contributed by atoms with Crippen LogP contribution in [0.25, 0.3) is 0 Å². The number of amides is 1. The van der Waals surface area contributed by atoms with E-state index in [4.69, 9.17) is 13.9 Å². The Hall–Kier alpha value is -1.45. The van der Waals surface area contributed by atoms with Gasteiger partial charge in [-0.3, -0.25) is 4.79 Å². The zero-order valence-corrected chi connectivity index (χ0v) is 27.8. The SMILES string of the molecule is CC(C)(C)[Si](C)(C)O[C@@H](C1CCCCC1)[C@@]1(C(=O)OCC[Si](C)(C)C)NC(=O)[C@H](CCOC(=O)C(F)(F)F)[C@@]12CO2. The number of rotatable bonds is 11. The number of nitrogens with one attached hydrogen (secondary N) is 1. The Morgan fingerprint density at radius 2 is 1.61 bits per heavy atom. The number of epoxide rings is 1. The summed E-state index contributed by atoms with van der Waals surface area (Å²) in [6.45, 7) is 16.6. The molecule has 2 saturated heterocycles. The van der Waals surface area contributed by atoms with Gasteiger partial charge in [0, 0.05) is 8.07 Å². The van der Waals surface area contributed by atoms with E-state index in [1.54, 1.807) is 0 Å². The Balaban J connectivity index is 2.04. The van der Waals surface area contributed by atoms with Crippen LogP contribution in [-0.2, 0) is 33.0 Å². The first-order valence-electron chi connectivity index (χ1n) is 14.7. The maximum atomic E-state index is 14.3. The van der Waals surface area contributed by atoms with E-state index in [0.29, 0.717) is 0 Å². The molecule has 236 valence electrons. The first-order chi connectivity index (χ1) is 18.7. The van der Waals surface area contributed by atoms with Crippen LogP contribution in [0, 0.1) is 11.8 Å². The fourth-order valence-corrected chi connectivity index (χ4v) is 7.85. The van der Waals surface area contributed by atoms with Crippen molar-refractivity contribution in [3.05, 3.63) is 0 Å². The topological polar surface area (TPSA) is 103 Å². The number of ether oxygens (including phenoxy) is 3. The van der Waals surface area contributed by atoms with Gasteiger partial charge in [0.25, 0.3) is 0 Å². The summed E-state index contributed by atoms with van der Waals surface area (Å²) < 4.78 is 61.7. The molecule has 1 aliphatic carbocycles. The maximum Gasteiger partial charge on any atom is 0.490 e. The monoisotopic (exact) mass is 623 g/mol. The molecule has 4 atom stereocenters. The summed E-state index contributed by atoms with van der Waals surface area (Å²) in [6, 6.07) is 0.727. The number of hydrogen-bond acceptors (Lipinski definition) is 7. The summed E-state index contributed by atoms with van der Waals surface area (Å²) >= 11 is 0. The first-order valence-corrected chi connectivity index (χ1v) is 21.3. The summed E-state index contributed by atoms with van der Waals surface area (Å²) in [4.78, 5) is 39.3. The molecule has 1 amide bonds. The number of esters is 2. The molecule has 0 bridgehead atoms. The Kier molecular flexibility index (Phi) is 9.89. The number of carbonyl (C=O) groups is 3. The van der Waals surface area contributed by atoms with Gasteiger partial charge in [0.15, 0.2) is 13.9 Å². The van der Waals surface area contributed by atoms with Crippen molar-refractivity contribution >= 4 is 34.2 Å². The van der Waals surface area contributed by atoms with Crippen molar-refractivity contribution in [2.75, 3.05) is 19.8 Å². The van der Waals surface area contributed by atoms with Crippen molar-refractivity contribution < 1.29 is 46.2 Å². The zero-order valence-electron chi connectivity index (χ0n) is 25.8. The van der Waals surface area contributed by atoms with Crippen LogP contribution in [0.2, 0.25) is 43.8 Å². The van der Waals surface area contributed by atoms with Crippen molar-refractivity contribution in [2.45, 2.75) is 127 Å². The fraction of sp³-hybridized carbons (Fsp3) is 0.893. The van der Waals surface area contributed by atoms with Crippen LogP contribution in [0.1, 0.15) is 59.3 Å². The summed E-state index contributed by atoms with van der Waals surface area (Å²) in [6.07, 6.45) is -1.50. The predicted octanol–water partition coefficient (Wildman–Crippen LogP) is 5.59. The second kappa shape index (κ2) is 11.9. The van der Waals surface area contributed by atoms with Crippen LogP contribution in [0.15, 0.2) is 0 Å². The highest BCUT2D eigenvalue weighted by atomic mass is 28.4. The molecule has 1 spiro atoms. The van der Waals surface area contributed by atoms with E-state index in [1.165, 1.54) is 0 Å². The van der Waals surface area contributed by atoms with Gasteiger partial charge < -0.3 is 24.0 Å². The summed E-state index contributed by atoms with van der Waals surface area (Å²) in [5.74, 6) is -4.54. The highest BCUT2D eigenvalue weighted by Gasteiger charge is 2.80. The Labute approximate surface area is 243 Å². The van der Waals surface area contributed by atoms with Gasteiger partial charge in [-0.15, -0.1) is 0 Å². The van der Waals surface area contributed by atoms with E-state index >= 15 is 0 Å². The molecule has 0 aromatic rings. The Morgan fingerprint density at radius 1 is 1.02 bits per heavy atom. The van der Waals surface area contributed by atoms with Crippen LogP contribution in [0.5, 0.6) is 0 Å². The molecule has 0 aromatic heterocycles. The quantitative estimate of drug-likeness (QED) is 0.182. The molecule has 3 fully saturated rings. The lowest BCUT2D eigenvalue weighted by Gasteiger charge is -2.49. The van der Waals surface area contributed by atoms with Gasteiger partial charge in [-0.2, -0.15) is 13.2 Å². The second-order valence-electron chi connectivity index (χ2n) is 14.6. The zero-order chi connectivity index (χ0) is 31.1. The standard InChI is InChI=1S/C28H48F3NO7Si2/c1-25(2,3)41(7,8)39-21(19-12-10-9-11-13-19)27(23(34)37-16-17-40(4,5)6)26(18-38-26)20(22(33)32-27)14-15-36-24(35)28(29,30)31/h19-21H,9-18H2,1-8H3,(H,32,33)/t20-,21-,26-,27-/m0/s1. The van der Waals surface area contributed by atoms with Crippen molar-refractivity contribution in [1.82, 2.24) is 5.32 Å². The molecule has 0 unspecified atom stereocenters. The third-order valence-corrected chi connectivity index (χ3v) is 15.5. The number of halogens is 3. The van der Waals surface area contributed by atoms with E-state index in [9.17, 15) is 27.6 Å². The van der Waals surface area contributed by atoms with Crippen LogP contribution in [0.3, 0.4) is 0 Å². The molecule has 8 nitrogen and oxygen atoms in total. The minimum Gasteiger partial charge on any atom is -0.464 e. The molecule has 41 heavy (non-hydrogen) atoms. The lowest BCUT2D eigenvalue weighted by Crippen LogP contribution is -2.70. The van der Waals surface area contributed by atoms with Gasteiger partial charge >= 0.3 is 18.1 Å². The van der Waals surface area contributed by atoms with Gasteiger partial charge in [-0.1, -0.05) is 59.7 Å². The summed E-state index contributed by atoms with van der Waals surface area (Å²) in [5.41, 5.74) is -3.03. The van der Waals surface area contributed by atoms with E-state index in [-0.39, 0.29) is 30.6 Å². The number of alkyl halides is 3. The lowest BCUT2D eigenvalue weighted by molar-refractivity contribution is -0.200. The van der Waals surface area contributed by atoms with Gasteiger partial charge in [-0.25, -0.2) is 9.59 Å². The van der Waals surface area contributed by atoms with E-state index < -0.39 is 70.2 Å². The molecule has 0 aromatic carbocycles. The average Bonchev–Trinajstić information content (AvgIpc) is 3.59. The van der Waals surface area contributed by atoms with E-state index in [1.807, 2.05) is 0 Å². The van der Waals surface area contributed by atoms with Crippen LogP contribution in [-0.4, -0.2) is 77.5 Å². The van der Waals surface area contributed by atoms with Crippen LogP contribution >= 0.6 is 0 Å². The van der Waals surface area contributed by atoms with E-state index in [2.05, 4.69) is 63.6 Å². The average molecular weight is 624 g/mol. The molecule has 3 rings (SSSR count). The van der Waals surface area contributed by atoms with Crippen molar-refractivity contribution in [2.24, 2.45) is 11.8 Å². The molecule has 1 saturated carbocycles. The first kappa shape index (κ1) is 34.0. The van der Waals surface area contributed by atoms with Gasteiger partial charge in [0.1, 0.15) is 5.60 Å². The Bertz CT molecular complexity index is 983. The minimum atomic E-state index is -5.14. The van der Waals surface area contributed by atoms with Crippen molar-refractivity contribution in [3.8, 4) is 0 Å². The van der Waals surface area contributed by atoms with Crippen molar-refractivity contribution in [1.29, 1.82) is 0 Å². The molecule has 2 heterocycles. The van der Waals surface area contributed by atoms with Gasteiger partial charge in [-0.05, 0) is 49.4 Å². The fourth-order valence-electron chi connectivity index (χ4n) is 5.78. The Morgan fingerprint density at radius 3 is 2.10 bits per heavy atom. The normalized spacial score (nSPS) is 28.4. The smallest absolute Gasteiger partial charge is 0.464 e. The second-order valence-corrected chi connectivity index (χ2v) is 25.0. The van der Waals surface area contributed by atoms with E-state index in [0.717, 1.165) is 38.1 Å². The third-order valence-electron chi connectivity index (χ3n) is 9.33. The van der Waals surface area contributed by atoms with Crippen LogP contribution < -0.4 is 5.32 Å². The molecular weight excluding hydrogens is 575 g/mol. The molecule has 1 N–H and O–H groups in total. The van der Waals surface area contributed by atoms with Gasteiger partial charge in [0.2, 0.25) is 5.91 Å². The summed E-state index contributed by atoms with van der Waals surface area (Å²) in [5, 5.41) is 2.76. The number of carbonyl (C=O) groups excluding carboxylic acids is 3. The predicted molar refractivity (Wildman–Crippen MR) is 152 cm³/mol. The molecular formula is C28H48F3NO7Si2. The maximum absolute atomic E-state index is 14.3. The largest absolute Gasteiger partial charge is 0.490 e. The minimum absolute atomic E-state index is 0.0385. The number of hydrogen-bond donors (Lipinski definition) is 1. The molecule has 0 radical (unpaired) electrons. The van der Waals surface area contributed by atoms with Crippen molar-refractivity contribution in [3.63, 3.8) is 0 Å². The van der Waals surface area contributed by atoms with Gasteiger partial charge in [0.05, 0.1) is 31.8 Å². The molecule has 2 aliphatic heterocycles. The molecule has 13 heteroatoms. The third kappa shape index (κ3) is 7.21. The summed E-state index contributed by atoms with van der Waals surface area (Å²) in [7, 11) is -4.08. The highest BCUT2D eigenvalue weighted by Crippen LogP contribution is 2.56.